The zero-order valence-corrected chi connectivity index (χ0v) is 10.1. The van der Waals surface area contributed by atoms with Crippen molar-refractivity contribution in [1.29, 1.82) is 0 Å². The van der Waals surface area contributed by atoms with Crippen LogP contribution in [0.1, 0.15) is 24.0 Å². The molecule has 17 heavy (non-hydrogen) atoms. The first-order chi connectivity index (χ1) is 7.98. The highest BCUT2D eigenvalue weighted by molar-refractivity contribution is 7.89. The molecule has 1 unspecified atom stereocenters. The number of furan rings is 1. The molecule has 2 aliphatic rings. The van der Waals surface area contributed by atoms with Crippen molar-refractivity contribution in [3.8, 4) is 5.75 Å². The van der Waals surface area contributed by atoms with Gasteiger partial charge in [0.05, 0.1) is 7.11 Å². The smallest absolute Gasteiger partial charge is 0.339 e. The van der Waals surface area contributed by atoms with Crippen LogP contribution in [-0.4, -0.2) is 21.5 Å². The maximum Gasteiger partial charge on any atom is 0.339 e. The number of methoxy groups -OCH3 is 1. The third kappa shape index (κ3) is 0.925. The van der Waals surface area contributed by atoms with E-state index in [1.165, 1.54) is 0 Å². The number of esters is 1. The van der Waals surface area contributed by atoms with Gasteiger partial charge in [-0.3, -0.25) is 0 Å². The number of ether oxygens (including phenoxy) is 1. The van der Waals surface area contributed by atoms with Crippen molar-refractivity contribution < 1.29 is 26.5 Å². The van der Waals surface area contributed by atoms with Crippen LogP contribution in [0.3, 0.4) is 0 Å². The molecule has 1 atom stereocenters. The number of hydrogen-bond donors (Lipinski definition) is 0. The summed E-state index contributed by atoms with van der Waals surface area (Å²) in [6.07, 6.45) is 0.574. The van der Waals surface area contributed by atoms with Gasteiger partial charge >= 0.3 is 16.1 Å². The predicted octanol–water partition coefficient (Wildman–Crippen LogP) is 0.489. The number of rotatable bonds is 2. The largest absolute Gasteiger partial charge is 0.467 e. The van der Waals surface area contributed by atoms with E-state index in [1.807, 2.05) is 6.92 Å². The number of hydrogen-bond acceptors (Lipinski definition) is 6. The molecule has 0 aliphatic carbocycles. The first-order valence-electron chi connectivity index (χ1n) is 5.15. The summed E-state index contributed by atoms with van der Waals surface area (Å²) < 4.78 is 37.1. The Kier molecular flexibility index (Phi) is 1.78. The monoisotopic (exact) mass is 258 g/mol. The van der Waals surface area contributed by atoms with Crippen molar-refractivity contribution in [2.45, 2.75) is 24.5 Å². The fourth-order valence-corrected chi connectivity index (χ4v) is 3.96. The molecule has 92 valence electrons. The highest BCUT2D eigenvalue weighted by atomic mass is 32.2. The Labute approximate surface area is 97.6 Å². The van der Waals surface area contributed by atoms with Crippen LogP contribution >= 0.6 is 0 Å². The van der Waals surface area contributed by atoms with E-state index >= 15 is 0 Å². The van der Waals surface area contributed by atoms with Crippen molar-refractivity contribution in [2.24, 2.45) is 0 Å². The van der Waals surface area contributed by atoms with Crippen molar-refractivity contribution in [2.75, 3.05) is 7.11 Å². The molecule has 3 heterocycles. The van der Waals surface area contributed by atoms with Crippen molar-refractivity contribution in [1.82, 2.24) is 0 Å². The van der Waals surface area contributed by atoms with Gasteiger partial charge in [0.25, 0.3) is 4.75 Å². The van der Waals surface area contributed by atoms with Gasteiger partial charge in [0.2, 0.25) is 0 Å². The van der Waals surface area contributed by atoms with Gasteiger partial charge in [-0.1, -0.05) is 6.92 Å². The predicted molar refractivity (Wildman–Crippen MR) is 55.0 cm³/mol. The van der Waals surface area contributed by atoms with Crippen LogP contribution in [0.4, 0.5) is 0 Å². The zero-order chi connectivity index (χ0) is 12.4. The van der Waals surface area contributed by atoms with Gasteiger partial charge in [-0.2, -0.15) is 8.42 Å². The summed E-state index contributed by atoms with van der Waals surface area (Å²) in [5.74, 6) is -0.0908. The normalized spacial score (nSPS) is 26.9. The van der Waals surface area contributed by atoms with E-state index in [0.29, 0.717) is 12.2 Å². The van der Waals surface area contributed by atoms with Crippen LogP contribution in [0.25, 0.3) is 0 Å². The van der Waals surface area contributed by atoms with Crippen LogP contribution in [0.2, 0.25) is 0 Å². The van der Waals surface area contributed by atoms with E-state index in [0.717, 1.165) is 12.7 Å². The fourth-order valence-electron chi connectivity index (χ4n) is 2.47. The molecule has 0 amide bonds. The minimum atomic E-state index is -4.06. The van der Waals surface area contributed by atoms with Crippen LogP contribution in [0, 0.1) is 0 Å². The lowest BCUT2D eigenvalue weighted by Crippen LogP contribution is -2.42. The number of fused-ring (bicyclic) bond motifs is 1. The summed E-state index contributed by atoms with van der Waals surface area (Å²) in [4.78, 5) is 11.8. The second-order valence-corrected chi connectivity index (χ2v) is 5.82. The van der Waals surface area contributed by atoms with E-state index in [2.05, 4.69) is 4.74 Å². The molecular weight excluding hydrogens is 248 g/mol. The summed E-state index contributed by atoms with van der Waals surface area (Å²) in [6.45, 7) is 1.87. The first-order valence-corrected chi connectivity index (χ1v) is 6.56. The van der Waals surface area contributed by atoms with Crippen LogP contribution in [-0.2, 0) is 37.2 Å². The second-order valence-electron chi connectivity index (χ2n) is 4.05. The molecule has 0 radical (unpaired) electrons. The Morgan fingerprint density at radius 1 is 1.53 bits per heavy atom. The molecule has 0 aromatic carbocycles. The lowest BCUT2D eigenvalue weighted by atomic mass is 9.92. The minimum absolute atomic E-state index is 0.0238. The lowest BCUT2D eigenvalue weighted by Gasteiger charge is -2.16. The van der Waals surface area contributed by atoms with E-state index in [4.69, 9.17) is 8.60 Å². The Morgan fingerprint density at radius 2 is 2.24 bits per heavy atom. The summed E-state index contributed by atoms with van der Waals surface area (Å²) in [5, 5.41) is 0. The molecule has 2 bridgehead atoms. The summed E-state index contributed by atoms with van der Waals surface area (Å²) >= 11 is 0. The van der Waals surface area contributed by atoms with E-state index < -0.39 is 20.8 Å². The Bertz CT molecular complexity index is 625. The van der Waals surface area contributed by atoms with Crippen molar-refractivity contribution in [3.63, 3.8) is 0 Å². The molecule has 0 saturated heterocycles. The SMILES string of the molecule is CCc1c2oc3c1OS(=O)(=O)C3(C(=O)OC)C2. The average Bonchev–Trinajstić information content (AvgIpc) is 2.85. The molecule has 1 aromatic heterocycles. The van der Waals surface area contributed by atoms with Gasteiger partial charge in [0.1, 0.15) is 5.76 Å². The molecule has 0 spiro atoms. The van der Waals surface area contributed by atoms with E-state index in [-0.39, 0.29) is 17.9 Å². The zero-order valence-electron chi connectivity index (χ0n) is 9.27. The maximum absolute atomic E-state index is 12.0. The number of carbonyl (C=O) groups is 1. The van der Waals surface area contributed by atoms with Crippen molar-refractivity contribution >= 4 is 16.1 Å². The molecule has 0 N–H and O–H groups in total. The van der Waals surface area contributed by atoms with Crippen LogP contribution < -0.4 is 4.18 Å². The van der Waals surface area contributed by atoms with Gasteiger partial charge in [0.15, 0.2) is 11.5 Å². The highest BCUT2D eigenvalue weighted by Gasteiger charge is 2.69. The molecule has 6 nitrogen and oxygen atoms in total. The highest BCUT2D eigenvalue weighted by Crippen LogP contribution is 2.57. The van der Waals surface area contributed by atoms with Crippen LogP contribution in [0.5, 0.6) is 5.75 Å². The first kappa shape index (κ1) is 10.6. The molecule has 3 rings (SSSR count). The van der Waals surface area contributed by atoms with E-state index in [9.17, 15) is 13.2 Å². The van der Waals surface area contributed by atoms with Crippen LogP contribution in [0.15, 0.2) is 4.42 Å². The fraction of sp³-hybridized carbons (Fsp3) is 0.500. The molecule has 7 heteroatoms. The molecule has 2 aliphatic heterocycles. The van der Waals surface area contributed by atoms with E-state index in [1.54, 1.807) is 0 Å². The van der Waals surface area contributed by atoms with Gasteiger partial charge in [-0.25, -0.2) is 4.79 Å². The second kappa shape index (κ2) is 2.84. The van der Waals surface area contributed by atoms with Gasteiger partial charge in [-0.05, 0) is 6.42 Å². The van der Waals surface area contributed by atoms with Crippen molar-refractivity contribution in [3.05, 3.63) is 17.1 Å². The Morgan fingerprint density at radius 3 is 2.82 bits per heavy atom. The molecule has 0 saturated carbocycles. The maximum atomic E-state index is 12.0. The third-order valence-corrected chi connectivity index (χ3v) is 5.04. The van der Waals surface area contributed by atoms with Gasteiger partial charge in [0, 0.05) is 12.0 Å². The summed E-state index contributed by atoms with van der Waals surface area (Å²) in [6, 6.07) is 0. The molecular formula is C10H10O6S. The van der Waals surface area contributed by atoms with Gasteiger partial charge < -0.3 is 13.3 Å². The summed E-state index contributed by atoms with van der Waals surface area (Å²) in [5.41, 5.74) is 0.723. The van der Waals surface area contributed by atoms with Gasteiger partial charge in [-0.15, -0.1) is 0 Å². The lowest BCUT2D eigenvalue weighted by molar-refractivity contribution is -0.144. The molecule has 1 aromatic rings. The Balaban J connectivity index is 2.30. The third-order valence-electron chi connectivity index (χ3n) is 3.31. The minimum Gasteiger partial charge on any atom is -0.467 e. The topological polar surface area (TPSA) is 82.8 Å². The summed E-state index contributed by atoms with van der Waals surface area (Å²) in [7, 11) is -2.92. The molecule has 0 fully saturated rings. The Hall–Kier alpha value is -1.50. The number of carbonyl (C=O) groups excluding carboxylic acids is 1. The standard InChI is InChI=1S/C10H10O6S/c1-3-5-6-4-10(9(11)14-2)8(15-6)7(5)16-17(10,12)13/h3-4H2,1-2H3. The quantitative estimate of drug-likeness (QED) is 0.567. The average molecular weight is 258 g/mol.